The molecule has 1 aromatic carbocycles. The van der Waals surface area contributed by atoms with E-state index in [0.29, 0.717) is 17.5 Å². The van der Waals surface area contributed by atoms with Crippen LogP contribution < -0.4 is 10.5 Å². The molecule has 2 aromatic rings. The number of hydrogen-bond donors (Lipinski definition) is 1. The Hall–Kier alpha value is -1.62. The fourth-order valence-electron chi connectivity index (χ4n) is 1.49. The van der Waals surface area contributed by atoms with E-state index >= 15 is 0 Å². The first-order valence-electron chi connectivity index (χ1n) is 5.73. The molecule has 0 unspecified atom stereocenters. The third kappa shape index (κ3) is 2.98. The Bertz CT molecular complexity index is 532. The highest BCUT2D eigenvalue weighted by Crippen LogP contribution is 2.32. The molecule has 0 aliphatic carbocycles. The first kappa shape index (κ1) is 12.8. The van der Waals surface area contributed by atoms with Gasteiger partial charge in [0.2, 0.25) is 0 Å². The number of nitrogens with two attached hydrogens (primary N) is 1. The normalized spacial score (nSPS) is 10.6. The van der Waals surface area contributed by atoms with Gasteiger partial charge in [0, 0.05) is 16.6 Å². The van der Waals surface area contributed by atoms with Crippen molar-refractivity contribution in [1.29, 1.82) is 0 Å². The van der Waals surface area contributed by atoms with Crippen LogP contribution >= 0.6 is 11.8 Å². The van der Waals surface area contributed by atoms with Crippen molar-refractivity contribution in [2.24, 2.45) is 0 Å². The first-order chi connectivity index (χ1) is 8.58. The van der Waals surface area contributed by atoms with Gasteiger partial charge in [-0.1, -0.05) is 0 Å². The van der Waals surface area contributed by atoms with Gasteiger partial charge < -0.3 is 14.9 Å². The molecule has 0 amide bonds. The van der Waals surface area contributed by atoms with Crippen LogP contribution in [0.3, 0.4) is 0 Å². The quantitative estimate of drug-likeness (QED) is 0.857. The number of aryl methyl sites for hydroxylation is 2. The van der Waals surface area contributed by atoms with E-state index < -0.39 is 0 Å². The fraction of sp³-hybridized carbons (Fsp3) is 0.308. The van der Waals surface area contributed by atoms with Gasteiger partial charge in [0.25, 0.3) is 5.22 Å². The van der Waals surface area contributed by atoms with Crippen molar-refractivity contribution in [3.8, 4) is 5.75 Å². The van der Waals surface area contributed by atoms with E-state index in [2.05, 4.69) is 4.98 Å². The SMILES string of the molecule is CCOc1cc(N)cc(Sc2nc(C)c(C)o2)c1. The second-order valence-electron chi connectivity index (χ2n) is 3.89. The number of ether oxygens (including phenoxy) is 1. The van der Waals surface area contributed by atoms with E-state index in [1.807, 2.05) is 32.9 Å². The molecule has 0 saturated heterocycles. The summed E-state index contributed by atoms with van der Waals surface area (Å²) in [5.41, 5.74) is 7.41. The summed E-state index contributed by atoms with van der Waals surface area (Å²) in [5.74, 6) is 1.60. The molecule has 96 valence electrons. The molecule has 5 heteroatoms. The van der Waals surface area contributed by atoms with Crippen molar-refractivity contribution in [2.75, 3.05) is 12.3 Å². The highest BCUT2D eigenvalue weighted by Gasteiger charge is 2.09. The number of benzene rings is 1. The molecule has 0 radical (unpaired) electrons. The lowest BCUT2D eigenvalue weighted by atomic mass is 10.3. The number of rotatable bonds is 4. The first-order valence-corrected chi connectivity index (χ1v) is 6.55. The predicted molar refractivity (Wildman–Crippen MR) is 72.1 cm³/mol. The molecule has 0 saturated carbocycles. The van der Waals surface area contributed by atoms with Crippen molar-refractivity contribution < 1.29 is 9.15 Å². The molecule has 18 heavy (non-hydrogen) atoms. The number of anilines is 1. The van der Waals surface area contributed by atoms with Crippen LogP contribution in [0.1, 0.15) is 18.4 Å². The summed E-state index contributed by atoms with van der Waals surface area (Å²) in [6.07, 6.45) is 0. The van der Waals surface area contributed by atoms with Gasteiger partial charge >= 0.3 is 0 Å². The standard InChI is InChI=1S/C13H16N2O2S/c1-4-16-11-5-10(14)6-12(7-11)18-13-15-8(2)9(3)17-13/h5-7H,4,14H2,1-3H3. The number of oxazole rings is 1. The molecule has 0 aliphatic heterocycles. The smallest absolute Gasteiger partial charge is 0.260 e. The number of nitrogen functional groups attached to an aromatic ring is 1. The van der Waals surface area contributed by atoms with E-state index in [9.17, 15) is 0 Å². The zero-order valence-electron chi connectivity index (χ0n) is 10.7. The molecule has 0 spiro atoms. The summed E-state index contributed by atoms with van der Waals surface area (Å²) in [7, 11) is 0. The Balaban J connectivity index is 2.22. The molecule has 2 rings (SSSR count). The maximum Gasteiger partial charge on any atom is 0.260 e. The molecule has 2 N–H and O–H groups in total. The van der Waals surface area contributed by atoms with Gasteiger partial charge in [-0.15, -0.1) is 0 Å². The molecule has 0 fully saturated rings. The maximum atomic E-state index is 5.83. The Morgan fingerprint density at radius 1 is 1.33 bits per heavy atom. The van der Waals surface area contributed by atoms with Crippen LogP contribution in [0.5, 0.6) is 5.75 Å². The van der Waals surface area contributed by atoms with E-state index in [0.717, 1.165) is 22.1 Å². The molecular weight excluding hydrogens is 248 g/mol. The summed E-state index contributed by atoms with van der Waals surface area (Å²) < 4.78 is 11.0. The predicted octanol–water partition coefficient (Wildman–Crippen LogP) is 3.42. The van der Waals surface area contributed by atoms with Gasteiger partial charge in [-0.25, -0.2) is 4.98 Å². The third-order valence-electron chi connectivity index (χ3n) is 2.43. The maximum absolute atomic E-state index is 5.83. The van der Waals surface area contributed by atoms with Crippen molar-refractivity contribution in [2.45, 2.75) is 30.9 Å². The van der Waals surface area contributed by atoms with E-state index in [4.69, 9.17) is 14.9 Å². The topological polar surface area (TPSA) is 61.3 Å². The van der Waals surface area contributed by atoms with Crippen molar-refractivity contribution in [3.05, 3.63) is 29.7 Å². The van der Waals surface area contributed by atoms with Gasteiger partial charge in [0.1, 0.15) is 11.5 Å². The lowest BCUT2D eigenvalue weighted by molar-refractivity contribution is 0.339. The zero-order valence-corrected chi connectivity index (χ0v) is 11.5. The minimum absolute atomic E-state index is 0.616. The monoisotopic (exact) mass is 264 g/mol. The number of aromatic nitrogens is 1. The van der Waals surface area contributed by atoms with Crippen LogP contribution in [0, 0.1) is 13.8 Å². The summed E-state index contributed by atoms with van der Waals surface area (Å²) >= 11 is 1.44. The molecule has 1 aromatic heterocycles. The Morgan fingerprint density at radius 3 is 2.72 bits per heavy atom. The van der Waals surface area contributed by atoms with Gasteiger partial charge in [-0.05, 0) is 44.7 Å². The van der Waals surface area contributed by atoms with Crippen LogP contribution in [-0.2, 0) is 0 Å². The van der Waals surface area contributed by atoms with Crippen LogP contribution in [0.2, 0.25) is 0 Å². The van der Waals surface area contributed by atoms with Crippen LogP contribution in [0.4, 0.5) is 5.69 Å². The summed E-state index contributed by atoms with van der Waals surface area (Å²) in [4.78, 5) is 5.28. The summed E-state index contributed by atoms with van der Waals surface area (Å²) in [6.45, 7) is 6.38. The fourth-order valence-corrected chi connectivity index (χ4v) is 2.41. The zero-order chi connectivity index (χ0) is 13.1. The lowest BCUT2D eigenvalue weighted by Crippen LogP contribution is -1.93. The van der Waals surface area contributed by atoms with Gasteiger partial charge in [0.05, 0.1) is 12.3 Å². The summed E-state index contributed by atoms with van der Waals surface area (Å²) in [6, 6.07) is 5.61. The second-order valence-corrected chi connectivity index (χ2v) is 4.92. The van der Waals surface area contributed by atoms with Gasteiger partial charge in [0.15, 0.2) is 0 Å². The van der Waals surface area contributed by atoms with Crippen molar-refractivity contribution >= 4 is 17.4 Å². The minimum atomic E-state index is 0.616. The average molecular weight is 264 g/mol. The van der Waals surface area contributed by atoms with Gasteiger partial charge in [-0.3, -0.25) is 0 Å². The van der Waals surface area contributed by atoms with Crippen molar-refractivity contribution in [3.63, 3.8) is 0 Å². The molecular formula is C13H16N2O2S. The second kappa shape index (κ2) is 5.35. The van der Waals surface area contributed by atoms with E-state index in [1.165, 1.54) is 11.8 Å². The molecule has 1 heterocycles. The van der Waals surface area contributed by atoms with E-state index in [-0.39, 0.29) is 0 Å². The highest BCUT2D eigenvalue weighted by atomic mass is 32.2. The molecule has 4 nitrogen and oxygen atoms in total. The number of nitrogens with zero attached hydrogens (tertiary/aromatic N) is 1. The third-order valence-corrected chi connectivity index (χ3v) is 3.25. The molecule has 0 aliphatic rings. The van der Waals surface area contributed by atoms with Gasteiger partial charge in [-0.2, -0.15) is 0 Å². The van der Waals surface area contributed by atoms with Crippen molar-refractivity contribution in [1.82, 2.24) is 4.98 Å². The van der Waals surface area contributed by atoms with Crippen LogP contribution in [0.15, 0.2) is 32.7 Å². The number of hydrogen-bond acceptors (Lipinski definition) is 5. The van der Waals surface area contributed by atoms with E-state index in [1.54, 1.807) is 6.07 Å². The molecule has 0 bridgehead atoms. The molecule has 0 atom stereocenters. The Labute approximate surface area is 111 Å². The Kier molecular flexibility index (Phi) is 3.81. The van der Waals surface area contributed by atoms with Crippen LogP contribution in [0.25, 0.3) is 0 Å². The largest absolute Gasteiger partial charge is 0.494 e. The van der Waals surface area contributed by atoms with Crippen LogP contribution in [-0.4, -0.2) is 11.6 Å². The minimum Gasteiger partial charge on any atom is -0.494 e. The highest BCUT2D eigenvalue weighted by molar-refractivity contribution is 7.99. The summed E-state index contributed by atoms with van der Waals surface area (Å²) in [5, 5.41) is 0.623. The Morgan fingerprint density at radius 2 is 2.11 bits per heavy atom. The average Bonchev–Trinajstić information content (AvgIpc) is 2.57. The lowest BCUT2D eigenvalue weighted by Gasteiger charge is -2.06.